The summed E-state index contributed by atoms with van der Waals surface area (Å²) in [6.45, 7) is 5.79. The van der Waals surface area contributed by atoms with Gasteiger partial charge in [0.15, 0.2) is 5.76 Å². The van der Waals surface area contributed by atoms with Gasteiger partial charge in [-0.2, -0.15) is 0 Å². The maximum Gasteiger partial charge on any atom is 0.232 e. The van der Waals surface area contributed by atoms with Crippen LogP contribution in [0.5, 0.6) is 23.0 Å². The summed E-state index contributed by atoms with van der Waals surface area (Å²) in [5.74, 6) is 1.83. The van der Waals surface area contributed by atoms with Gasteiger partial charge in [0.05, 0.1) is 25.3 Å². The highest BCUT2D eigenvalue weighted by Gasteiger charge is 2.34. The Morgan fingerprint density at radius 2 is 1.75 bits per heavy atom. The number of nitrogens with zero attached hydrogens (tertiary/aromatic N) is 2. The zero-order valence-corrected chi connectivity index (χ0v) is 20.8. The first kappa shape index (κ1) is 23.8. The molecule has 0 amide bonds. The van der Waals surface area contributed by atoms with Gasteiger partial charge in [-0.15, -0.1) is 0 Å². The Bertz CT molecular complexity index is 1310. The Hall–Kier alpha value is -3.97. The summed E-state index contributed by atoms with van der Waals surface area (Å²) < 4.78 is 16.9. The van der Waals surface area contributed by atoms with Crippen LogP contribution in [0.4, 0.5) is 5.69 Å². The Kier molecular flexibility index (Phi) is 6.57. The van der Waals surface area contributed by atoms with E-state index in [0.717, 1.165) is 26.2 Å². The Balaban J connectivity index is 1.39. The first-order valence-electron chi connectivity index (χ1n) is 12.0. The number of carbonyl (C=O) groups excluding carboxylic acids is 1. The Morgan fingerprint density at radius 1 is 1.00 bits per heavy atom. The predicted molar refractivity (Wildman–Crippen MR) is 139 cm³/mol. The molecule has 0 bridgehead atoms. The molecule has 5 rings (SSSR count). The molecular formula is C29H30N2O5. The van der Waals surface area contributed by atoms with E-state index in [4.69, 9.17) is 14.2 Å². The fraction of sp³-hybridized carbons (Fsp3) is 0.276. The number of phenolic OH excluding ortho intramolecular Hbond substituents is 1. The molecule has 3 aromatic carbocycles. The standard InChI is InChI=1S/C29H30N2O5/c1-19-15-24(32)23(18-30-11-13-31(14-12-30)21-7-5-4-6-8-21)29-27(19)28(33)26(36-29)16-20-9-10-22(34-2)17-25(20)35-3/h4-10,15-17,32H,11-14,18H2,1-3H3/b26-16-. The van der Waals surface area contributed by atoms with Crippen LogP contribution in [0.15, 0.2) is 60.4 Å². The number of aromatic hydroxyl groups is 1. The van der Waals surface area contributed by atoms with E-state index >= 15 is 0 Å². The van der Waals surface area contributed by atoms with Gasteiger partial charge in [-0.25, -0.2) is 0 Å². The van der Waals surface area contributed by atoms with Crippen molar-refractivity contribution in [1.29, 1.82) is 0 Å². The second-order valence-electron chi connectivity index (χ2n) is 9.04. The van der Waals surface area contributed by atoms with Gasteiger partial charge in [0.2, 0.25) is 5.78 Å². The van der Waals surface area contributed by atoms with Crippen molar-refractivity contribution in [2.75, 3.05) is 45.3 Å². The Labute approximate surface area is 211 Å². The number of ether oxygens (including phenoxy) is 3. The van der Waals surface area contributed by atoms with Gasteiger partial charge in [0.25, 0.3) is 0 Å². The van der Waals surface area contributed by atoms with Crippen molar-refractivity contribution in [3.05, 3.63) is 82.6 Å². The van der Waals surface area contributed by atoms with Crippen LogP contribution in [0.25, 0.3) is 6.08 Å². The smallest absolute Gasteiger partial charge is 0.232 e. The van der Waals surface area contributed by atoms with Gasteiger partial charge in [-0.1, -0.05) is 18.2 Å². The first-order valence-corrected chi connectivity index (χ1v) is 12.0. The zero-order chi connectivity index (χ0) is 25.2. The minimum absolute atomic E-state index is 0.146. The van der Waals surface area contributed by atoms with Crippen LogP contribution >= 0.6 is 0 Å². The highest BCUT2D eigenvalue weighted by Crippen LogP contribution is 2.43. The number of fused-ring (bicyclic) bond motifs is 1. The fourth-order valence-electron chi connectivity index (χ4n) is 4.84. The molecule has 1 fully saturated rings. The number of Topliss-reactive ketones (excluding diaryl/α,β-unsaturated/α-hetero) is 1. The number of ketones is 1. The average Bonchev–Trinajstić information content (AvgIpc) is 3.23. The molecule has 1 N–H and O–H groups in total. The predicted octanol–water partition coefficient (Wildman–Crippen LogP) is 4.66. The van der Waals surface area contributed by atoms with Crippen LogP contribution in [0.2, 0.25) is 0 Å². The van der Waals surface area contributed by atoms with Gasteiger partial charge in [-0.05, 0) is 48.9 Å². The number of piperazine rings is 1. The maximum atomic E-state index is 13.3. The third-order valence-corrected chi connectivity index (χ3v) is 6.82. The molecular weight excluding hydrogens is 456 g/mol. The molecule has 2 aliphatic rings. The zero-order valence-electron chi connectivity index (χ0n) is 20.8. The molecule has 7 nitrogen and oxygen atoms in total. The number of methoxy groups -OCH3 is 2. The average molecular weight is 487 g/mol. The molecule has 36 heavy (non-hydrogen) atoms. The fourth-order valence-corrected chi connectivity index (χ4v) is 4.84. The van der Waals surface area contributed by atoms with Crippen LogP contribution < -0.4 is 19.1 Å². The van der Waals surface area contributed by atoms with E-state index in [1.165, 1.54) is 5.69 Å². The second kappa shape index (κ2) is 9.95. The monoisotopic (exact) mass is 486 g/mol. The summed E-state index contributed by atoms with van der Waals surface area (Å²) in [5.41, 5.74) is 3.76. The van der Waals surface area contributed by atoms with Crippen LogP contribution in [0.1, 0.15) is 27.0 Å². The number of rotatable bonds is 6. The van der Waals surface area contributed by atoms with Gasteiger partial charge in [0, 0.05) is 50.0 Å². The number of allylic oxidation sites excluding steroid dienone is 1. The minimum Gasteiger partial charge on any atom is -0.507 e. The molecule has 0 radical (unpaired) electrons. The van der Waals surface area contributed by atoms with Crippen molar-refractivity contribution >= 4 is 17.5 Å². The molecule has 2 heterocycles. The van der Waals surface area contributed by atoms with Crippen LogP contribution in [-0.4, -0.2) is 56.2 Å². The minimum atomic E-state index is -0.199. The molecule has 2 aliphatic heterocycles. The lowest BCUT2D eigenvalue weighted by Crippen LogP contribution is -2.46. The highest BCUT2D eigenvalue weighted by molar-refractivity contribution is 6.16. The summed E-state index contributed by atoms with van der Waals surface area (Å²) in [6.07, 6.45) is 1.68. The largest absolute Gasteiger partial charge is 0.507 e. The van der Waals surface area contributed by atoms with E-state index < -0.39 is 0 Å². The number of phenols is 1. The third kappa shape index (κ3) is 4.50. The van der Waals surface area contributed by atoms with E-state index in [2.05, 4.69) is 34.1 Å². The summed E-state index contributed by atoms with van der Waals surface area (Å²) in [5, 5.41) is 10.8. The Morgan fingerprint density at radius 3 is 2.44 bits per heavy atom. The van der Waals surface area contributed by atoms with Crippen LogP contribution in [-0.2, 0) is 6.54 Å². The molecule has 3 aromatic rings. The van der Waals surface area contributed by atoms with Gasteiger partial charge < -0.3 is 24.2 Å². The number of carbonyl (C=O) groups is 1. The van der Waals surface area contributed by atoms with Crippen molar-refractivity contribution in [1.82, 2.24) is 4.90 Å². The quantitative estimate of drug-likeness (QED) is 0.508. The van der Waals surface area contributed by atoms with E-state index in [1.54, 1.807) is 38.5 Å². The molecule has 0 saturated carbocycles. The van der Waals surface area contributed by atoms with Gasteiger partial charge in [0.1, 0.15) is 23.0 Å². The van der Waals surface area contributed by atoms with E-state index in [1.807, 2.05) is 19.1 Å². The molecule has 0 aliphatic carbocycles. The number of benzene rings is 3. The molecule has 186 valence electrons. The topological polar surface area (TPSA) is 71.5 Å². The number of para-hydroxylation sites is 1. The van der Waals surface area contributed by atoms with Gasteiger partial charge in [-0.3, -0.25) is 9.69 Å². The van der Waals surface area contributed by atoms with Crippen molar-refractivity contribution in [2.45, 2.75) is 13.5 Å². The van der Waals surface area contributed by atoms with Gasteiger partial charge >= 0.3 is 0 Å². The molecule has 0 atom stereocenters. The lowest BCUT2D eigenvalue weighted by Gasteiger charge is -2.36. The van der Waals surface area contributed by atoms with E-state index in [9.17, 15) is 9.90 Å². The van der Waals surface area contributed by atoms with Crippen molar-refractivity contribution < 1.29 is 24.1 Å². The van der Waals surface area contributed by atoms with Crippen molar-refractivity contribution in [3.8, 4) is 23.0 Å². The van der Waals surface area contributed by atoms with Crippen molar-refractivity contribution in [3.63, 3.8) is 0 Å². The summed E-state index contributed by atoms with van der Waals surface area (Å²) >= 11 is 0. The summed E-state index contributed by atoms with van der Waals surface area (Å²) in [4.78, 5) is 18.0. The number of hydrogen-bond acceptors (Lipinski definition) is 7. The number of anilines is 1. The van der Waals surface area contributed by atoms with Crippen molar-refractivity contribution in [2.24, 2.45) is 0 Å². The lowest BCUT2D eigenvalue weighted by molar-refractivity contribution is 0.101. The summed E-state index contributed by atoms with van der Waals surface area (Å²) in [7, 11) is 3.16. The first-order chi connectivity index (χ1) is 17.5. The SMILES string of the molecule is COc1ccc(/C=C2\Oc3c(CN4CCN(c5ccccc5)CC4)c(O)cc(C)c3C2=O)c(OC)c1. The third-order valence-electron chi connectivity index (χ3n) is 6.82. The van der Waals surface area contributed by atoms with Crippen LogP contribution in [0, 0.1) is 6.92 Å². The summed E-state index contributed by atoms with van der Waals surface area (Å²) in [6, 6.07) is 17.4. The molecule has 0 aromatic heterocycles. The number of aryl methyl sites for hydroxylation is 1. The second-order valence-corrected chi connectivity index (χ2v) is 9.04. The van der Waals surface area contributed by atoms with Crippen LogP contribution in [0.3, 0.4) is 0 Å². The molecule has 1 saturated heterocycles. The van der Waals surface area contributed by atoms with E-state index in [0.29, 0.717) is 46.0 Å². The highest BCUT2D eigenvalue weighted by atomic mass is 16.5. The normalized spacial score (nSPS) is 16.7. The molecule has 0 spiro atoms. The maximum absolute atomic E-state index is 13.3. The number of hydrogen-bond donors (Lipinski definition) is 1. The molecule has 7 heteroatoms. The van der Waals surface area contributed by atoms with E-state index in [-0.39, 0.29) is 17.3 Å². The lowest BCUT2D eigenvalue weighted by atomic mass is 9.99. The molecule has 0 unspecified atom stereocenters.